The molecule has 2 rings (SSSR count). The maximum atomic E-state index is 6.08. The van der Waals surface area contributed by atoms with Crippen molar-refractivity contribution in [2.45, 2.75) is 42.7 Å². The van der Waals surface area contributed by atoms with E-state index in [4.69, 9.17) is 5.73 Å². The highest BCUT2D eigenvalue weighted by molar-refractivity contribution is 7.99. The fourth-order valence-electron chi connectivity index (χ4n) is 1.85. The molecule has 0 radical (unpaired) electrons. The molecule has 0 aliphatic heterocycles. The van der Waals surface area contributed by atoms with Crippen molar-refractivity contribution >= 4 is 11.8 Å². The zero-order chi connectivity index (χ0) is 13.7. The van der Waals surface area contributed by atoms with Crippen molar-refractivity contribution in [1.82, 2.24) is 9.97 Å². The van der Waals surface area contributed by atoms with Gasteiger partial charge in [-0.1, -0.05) is 36.4 Å². The van der Waals surface area contributed by atoms with Crippen LogP contribution in [0.25, 0.3) is 0 Å². The van der Waals surface area contributed by atoms with E-state index in [9.17, 15) is 0 Å². The number of nitrogens with zero attached hydrogens (tertiary/aromatic N) is 2. The van der Waals surface area contributed by atoms with Crippen LogP contribution in [-0.2, 0) is 6.42 Å². The van der Waals surface area contributed by atoms with Crippen LogP contribution in [0.4, 0.5) is 0 Å². The van der Waals surface area contributed by atoms with Crippen molar-refractivity contribution in [2.75, 3.05) is 0 Å². The molecule has 1 aromatic heterocycles. The second-order valence-corrected chi connectivity index (χ2v) is 5.70. The third-order valence-electron chi connectivity index (χ3n) is 2.99. The molecule has 0 saturated heterocycles. The van der Waals surface area contributed by atoms with Gasteiger partial charge >= 0.3 is 0 Å². The summed E-state index contributed by atoms with van der Waals surface area (Å²) in [4.78, 5) is 9.43. The normalized spacial score (nSPS) is 12.4. The molecule has 19 heavy (non-hydrogen) atoms. The Kier molecular flexibility index (Phi) is 4.93. The molecule has 3 nitrogen and oxygen atoms in total. The van der Waals surface area contributed by atoms with E-state index < -0.39 is 0 Å². The van der Waals surface area contributed by atoms with Crippen molar-refractivity contribution in [3.63, 3.8) is 0 Å². The van der Waals surface area contributed by atoms with Gasteiger partial charge in [0.15, 0.2) is 0 Å². The average Bonchev–Trinajstić information content (AvgIpc) is 2.43. The van der Waals surface area contributed by atoms with Crippen LogP contribution in [0.3, 0.4) is 0 Å². The number of aryl methyl sites for hydroxylation is 1. The Balaban J connectivity index is 2.24. The van der Waals surface area contributed by atoms with E-state index in [0.29, 0.717) is 0 Å². The Morgan fingerprint density at radius 3 is 2.84 bits per heavy atom. The molecular formula is C15H19N3S. The molecule has 100 valence electrons. The molecule has 1 atom stereocenters. The predicted octanol–water partition coefficient (Wildman–Crippen LogP) is 3.22. The zero-order valence-electron chi connectivity index (χ0n) is 11.3. The molecule has 0 aliphatic rings. The molecule has 1 heterocycles. The number of benzene rings is 1. The minimum Gasteiger partial charge on any atom is -0.327 e. The van der Waals surface area contributed by atoms with E-state index in [2.05, 4.69) is 42.0 Å². The zero-order valence-corrected chi connectivity index (χ0v) is 12.2. The van der Waals surface area contributed by atoms with Crippen LogP contribution in [0.15, 0.2) is 46.7 Å². The lowest BCUT2D eigenvalue weighted by Gasteiger charge is -2.13. The second-order valence-electron chi connectivity index (χ2n) is 4.63. The van der Waals surface area contributed by atoms with Crippen LogP contribution in [0.2, 0.25) is 0 Å². The van der Waals surface area contributed by atoms with Gasteiger partial charge in [0.25, 0.3) is 0 Å². The number of nitrogens with two attached hydrogens (primary N) is 1. The Morgan fingerprint density at radius 1 is 1.32 bits per heavy atom. The summed E-state index contributed by atoms with van der Waals surface area (Å²) in [5.41, 5.74) is 8.65. The Hall–Kier alpha value is -1.39. The molecule has 0 amide bonds. The fourth-order valence-corrected chi connectivity index (χ4v) is 2.71. The lowest BCUT2D eigenvalue weighted by atomic mass is 10.0. The highest BCUT2D eigenvalue weighted by atomic mass is 32.2. The smallest absolute Gasteiger partial charge is 0.116 e. The summed E-state index contributed by atoms with van der Waals surface area (Å²) < 4.78 is 0. The SMILES string of the molecule is CCC(N)Cc1cc(C)ccc1Sc1ccncn1. The van der Waals surface area contributed by atoms with Gasteiger partial charge in [-0.3, -0.25) is 0 Å². The molecule has 2 N–H and O–H groups in total. The lowest BCUT2D eigenvalue weighted by Crippen LogP contribution is -2.21. The summed E-state index contributed by atoms with van der Waals surface area (Å²) in [7, 11) is 0. The van der Waals surface area contributed by atoms with Gasteiger partial charge in [-0.25, -0.2) is 9.97 Å². The molecule has 2 aromatic rings. The summed E-state index contributed by atoms with van der Waals surface area (Å²) >= 11 is 1.67. The summed E-state index contributed by atoms with van der Waals surface area (Å²) in [6.45, 7) is 4.23. The third-order valence-corrected chi connectivity index (χ3v) is 4.06. The molecular weight excluding hydrogens is 254 g/mol. The summed E-state index contributed by atoms with van der Waals surface area (Å²) in [5, 5.41) is 0.963. The van der Waals surface area contributed by atoms with Crippen molar-refractivity contribution in [2.24, 2.45) is 5.73 Å². The predicted molar refractivity (Wildman–Crippen MR) is 79.3 cm³/mol. The van der Waals surface area contributed by atoms with E-state index in [1.54, 1.807) is 24.3 Å². The molecule has 1 aromatic carbocycles. The molecule has 0 spiro atoms. The fraction of sp³-hybridized carbons (Fsp3) is 0.333. The van der Waals surface area contributed by atoms with Gasteiger partial charge in [-0.2, -0.15) is 0 Å². The van der Waals surface area contributed by atoms with Gasteiger partial charge in [0.05, 0.1) is 0 Å². The molecule has 1 unspecified atom stereocenters. The van der Waals surface area contributed by atoms with E-state index in [-0.39, 0.29) is 6.04 Å². The first-order valence-corrected chi connectivity index (χ1v) is 7.29. The van der Waals surface area contributed by atoms with E-state index in [0.717, 1.165) is 17.9 Å². The highest BCUT2D eigenvalue weighted by Gasteiger charge is 2.09. The van der Waals surface area contributed by atoms with Gasteiger partial charge in [-0.05, 0) is 37.5 Å². The molecule has 4 heteroatoms. The van der Waals surface area contributed by atoms with E-state index in [1.807, 2.05) is 6.07 Å². The van der Waals surface area contributed by atoms with Gasteiger partial charge in [0, 0.05) is 17.1 Å². The van der Waals surface area contributed by atoms with Crippen LogP contribution >= 0.6 is 11.8 Å². The minimum atomic E-state index is 0.214. The summed E-state index contributed by atoms with van der Waals surface area (Å²) in [6, 6.07) is 8.64. The Bertz CT molecular complexity index is 528. The standard InChI is InChI=1S/C15H19N3S/c1-3-13(16)9-12-8-11(2)4-5-14(12)19-15-6-7-17-10-18-15/h4-8,10,13H,3,9,16H2,1-2H3. The number of hydrogen-bond donors (Lipinski definition) is 1. The van der Waals surface area contributed by atoms with Crippen LogP contribution in [0.1, 0.15) is 24.5 Å². The maximum absolute atomic E-state index is 6.08. The Morgan fingerprint density at radius 2 is 2.16 bits per heavy atom. The lowest BCUT2D eigenvalue weighted by molar-refractivity contribution is 0.641. The van der Waals surface area contributed by atoms with Crippen LogP contribution in [0, 0.1) is 6.92 Å². The third kappa shape index (κ3) is 4.04. The first-order chi connectivity index (χ1) is 9.19. The summed E-state index contributed by atoms with van der Waals surface area (Å²) in [6.07, 6.45) is 5.24. The number of rotatable bonds is 5. The van der Waals surface area contributed by atoms with Gasteiger partial charge in [0.2, 0.25) is 0 Å². The van der Waals surface area contributed by atoms with Crippen molar-refractivity contribution < 1.29 is 0 Å². The average molecular weight is 273 g/mol. The first-order valence-electron chi connectivity index (χ1n) is 6.48. The molecule has 0 aliphatic carbocycles. The van der Waals surface area contributed by atoms with Crippen LogP contribution in [0.5, 0.6) is 0 Å². The maximum Gasteiger partial charge on any atom is 0.116 e. The van der Waals surface area contributed by atoms with Gasteiger partial charge in [0.1, 0.15) is 11.4 Å². The van der Waals surface area contributed by atoms with Crippen molar-refractivity contribution in [3.05, 3.63) is 47.9 Å². The minimum absolute atomic E-state index is 0.214. The monoisotopic (exact) mass is 273 g/mol. The quantitative estimate of drug-likeness (QED) is 0.850. The number of aromatic nitrogens is 2. The molecule has 0 bridgehead atoms. The van der Waals surface area contributed by atoms with Crippen LogP contribution in [-0.4, -0.2) is 16.0 Å². The van der Waals surface area contributed by atoms with E-state index in [1.165, 1.54) is 16.0 Å². The summed E-state index contributed by atoms with van der Waals surface area (Å²) in [5.74, 6) is 0. The Labute approximate surface area is 118 Å². The van der Waals surface area contributed by atoms with Gasteiger partial charge < -0.3 is 5.73 Å². The van der Waals surface area contributed by atoms with E-state index >= 15 is 0 Å². The first kappa shape index (κ1) is 14.0. The molecule has 0 fully saturated rings. The van der Waals surface area contributed by atoms with Crippen LogP contribution < -0.4 is 5.73 Å². The van der Waals surface area contributed by atoms with Crippen molar-refractivity contribution in [1.29, 1.82) is 0 Å². The largest absolute Gasteiger partial charge is 0.327 e. The second kappa shape index (κ2) is 6.68. The topological polar surface area (TPSA) is 51.8 Å². The highest BCUT2D eigenvalue weighted by Crippen LogP contribution is 2.30. The van der Waals surface area contributed by atoms with Gasteiger partial charge in [-0.15, -0.1) is 0 Å². The van der Waals surface area contributed by atoms with Crippen molar-refractivity contribution in [3.8, 4) is 0 Å². The number of hydrogen-bond acceptors (Lipinski definition) is 4. The molecule has 0 saturated carbocycles.